The van der Waals surface area contributed by atoms with Crippen LogP contribution in [0.5, 0.6) is 5.75 Å². The van der Waals surface area contributed by atoms with Crippen molar-refractivity contribution in [1.82, 2.24) is 4.98 Å². The summed E-state index contributed by atoms with van der Waals surface area (Å²) >= 11 is 1.38. The highest BCUT2D eigenvalue weighted by Gasteiger charge is 2.34. The number of carboxylic acids is 1. The highest BCUT2D eigenvalue weighted by Crippen LogP contribution is 2.28. The Morgan fingerprint density at radius 1 is 1.16 bits per heavy atom. The molecule has 0 aliphatic rings. The number of phenolic OH excluding ortho intramolecular Hbond substituents is 1. The van der Waals surface area contributed by atoms with Gasteiger partial charge in [0, 0.05) is 17.4 Å². The molecule has 0 aliphatic carbocycles. The number of nitrogens with one attached hydrogen (secondary N) is 1. The number of hydrogen-bond acceptors (Lipinski definition) is 5. The zero-order valence-electron chi connectivity index (χ0n) is 13.6. The first-order valence-electron chi connectivity index (χ1n) is 7.77. The molecule has 0 fully saturated rings. The third-order valence-corrected chi connectivity index (χ3v) is 4.68. The molecule has 1 heterocycles. The van der Waals surface area contributed by atoms with E-state index in [1.54, 1.807) is 31.2 Å². The van der Waals surface area contributed by atoms with E-state index in [1.165, 1.54) is 11.3 Å². The quantitative estimate of drug-likeness (QED) is 0.623. The molecular formula is C19H18N2O3S. The number of thiazole rings is 1. The number of nitrogens with zero attached hydrogens (tertiary/aromatic N) is 1. The Morgan fingerprint density at radius 2 is 1.84 bits per heavy atom. The summed E-state index contributed by atoms with van der Waals surface area (Å²) in [6.07, 6.45) is 0.267. The van der Waals surface area contributed by atoms with Crippen LogP contribution in [0.1, 0.15) is 12.5 Å². The lowest BCUT2D eigenvalue weighted by Crippen LogP contribution is -2.45. The lowest BCUT2D eigenvalue weighted by atomic mass is 9.93. The molecule has 0 unspecified atom stereocenters. The smallest absolute Gasteiger partial charge is 0.329 e. The van der Waals surface area contributed by atoms with Crippen LogP contribution in [0.25, 0.3) is 11.3 Å². The number of aromatic nitrogens is 1. The second kappa shape index (κ2) is 6.94. The highest BCUT2D eigenvalue weighted by atomic mass is 32.1. The fourth-order valence-corrected chi connectivity index (χ4v) is 3.35. The van der Waals surface area contributed by atoms with E-state index in [4.69, 9.17) is 0 Å². The molecule has 0 spiro atoms. The van der Waals surface area contributed by atoms with E-state index in [-0.39, 0.29) is 12.2 Å². The van der Waals surface area contributed by atoms with Crippen LogP contribution in [0.15, 0.2) is 60.0 Å². The molecule has 3 aromatic rings. The van der Waals surface area contributed by atoms with Gasteiger partial charge in [-0.05, 0) is 24.6 Å². The van der Waals surface area contributed by atoms with Gasteiger partial charge in [-0.25, -0.2) is 9.78 Å². The van der Waals surface area contributed by atoms with Gasteiger partial charge in [0.05, 0.1) is 5.69 Å². The molecule has 6 heteroatoms. The number of aliphatic carboxylic acids is 1. The van der Waals surface area contributed by atoms with Crippen LogP contribution >= 0.6 is 11.3 Å². The molecular weight excluding hydrogens is 336 g/mol. The minimum absolute atomic E-state index is 0.154. The molecule has 0 amide bonds. The summed E-state index contributed by atoms with van der Waals surface area (Å²) in [6.45, 7) is 1.63. The molecule has 0 saturated heterocycles. The number of carboxylic acid groups (broad SMARTS) is 1. The molecule has 0 bridgehead atoms. The lowest BCUT2D eigenvalue weighted by Gasteiger charge is -2.26. The van der Waals surface area contributed by atoms with E-state index in [9.17, 15) is 15.0 Å². The lowest BCUT2D eigenvalue weighted by molar-refractivity contribution is -0.141. The van der Waals surface area contributed by atoms with Crippen molar-refractivity contribution in [2.45, 2.75) is 18.9 Å². The average Bonchev–Trinajstić information content (AvgIpc) is 3.06. The average molecular weight is 354 g/mol. The maximum absolute atomic E-state index is 11.8. The SMILES string of the molecule is C[C@@](Cc1ccc(O)cc1)(Nc1nc(-c2ccccc2)cs1)C(=O)O. The van der Waals surface area contributed by atoms with E-state index in [0.717, 1.165) is 16.8 Å². The predicted molar refractivity (Wildman–Crippen MR) is 99.0 cm³/mol. The molecule has 0 radical (unpaired) electrons. The summed E-state index contributed by atoms with van der Waals surface area (Å²) in [6, 6.07) is 16.3. The van der Waals surface area contributed by atoms with E-state index in [0.29, 0.717) is 5.13 Å². The van der Waals surface area contributed by atoms with Crippen molar-refractivity contribution >= 4 is 22.4 Å². The van der Waals surface area contributed by atoms with Crippen molar-refractivity contribution in [2.75, 3.05) is 5.32 Å². The Hall–Kier alpha value is -2.86. The van der Waals surface area contributed by atoms with Gasteiger partial charge in [-0.3, -0.25) is 0 Å². The van der Waals surface area contributed by atoms with Crippen molar-refractivity contribution in [3.8, 4) is 17.0 Å². The molecule has 2 aromatic carbocycles. The van der Waals surface area contributed by atoms with Crippen molar-refractivity contribution < 1.29 is 15.0 Å². The number of aromatic hydroxyl groups is 1. The van der Waals surface area contributed by atoms with Crippen LogP contribution in [-0.4, -0.2) is 26.7 Å². The van der Waals surface area contributed by atoms with E-state index in [1.807, 2.05) is 35.7 Å². The van der Waals surface area contributed by atoms with Crippen molar-refractivity contribution in [1.29, 1.82) is 0 Å². The zero-order valence-corrected chi connectivity index (χ0v) is 14.5. The molecule has 3 rings (SSSR count). The molecule has 0 aliphatic heterocycles. The monoisotopic (exact) mass is 354 g/mol. The molecule has 0 saturated carbocycles. The summed E-state index contributed by atoms with van der Waals surface area (Å²) in [4.78, 5) is 16.3. The fourth-order valence-electron chi connectivity index (χ4n) is 2.50. The van der Waals surface area contributed by atoms with Crippen LogP contribution in [0.3, 0.4) is 0 Å². The van der Waals surface area contributed by atoms with Gasteiger partial charge in [0.25, 0.3) is 0 Å². The Labute approximate surface area is 149 Å². The molecule has 5 nitrogen and oxygen atoms in total. The van der Waals surface area contributed by atoms with Gasteiger partial charge in [-0.1, -0.05) is 42.5 Å². The number of benzene rings is 2. The molecule has 1 atom stereocenters. The van der Waals surface area contributed by atoms with Gasteiger partial charge in [-0.15, -0.1) is 11.3 Å². The van der Waals surface area contributed by atoms with Crippen molar-refractivity contribution in [3.05, 3.63) is 65.5 Å². The maximum atomic E-state index is 11.8. The van der Waals surface area contributed by atoms with Gasteiger partial charge in [0.15, 0.2) is 5.13 Å². The molecule has 25 heavy (non-hydrogen) atoms. The van der Waals surface area contributed by atoms with E-state index >= 15 is 0 Å². The number of phenols is 1. The van der Waals surface area contributed by atoms with Crippen LogP contribution < -0.4 is 5.32 Å². The number of carbonyl (C=O) groups is 1. The summed E-state index contributed by atoms with van der Waals surface area (Å²) < 4.78 is 0. The third kappa shape index (κ3) is 3.97. The largest absolute Gasteiger partial charge is 0.508 e. The van der Waals surface area contributed by atoms with Crippen LogP contribution in [0, 0.1) is 0 Å². The van der Waals surface area contributed by atoms with Crippen LogP contribution in [0.2, 0.25) is 0 Å². The number of anilines is 1. The summed E-state index contributed by atoms with van der Waals surface area (Å²) in [5.74, 6) is -0.807. The van der Waals surface area contributed by atoms with Crippen molar-refractivity contribution in [3.63, 3.8) is 0 Å². The minimum Gasteiger partial charge on any atom is -0.508 e. The third-order valence-electron chi connectivity index (χ3n) is 3.92. The normalized spacial score (nSPS) is 13.2. The first-order chi connectivity index (χ1) is 12.0. The topological polar surface area (TPSA) is 82.5 Å². The van der Waals surface area contributed by atoms with Gasteiger partial charge in [0.1, 0.15) is 11.3 Å². The maximum Gasteiger partial charge on any atom is 0.329 e. The van der Waals surface area contributed by atoms with Gasteiger partial charge in [-0.2, -0.15) is 0 Å². The second-order valence-corrected chi connectivity index (χ2v) is 6.87. The van der Waals surface area contributed by atoms with E-state index in [2.05, 4.69) is 10.3 Å². The second-order valence-electron chi connectivity index (χ2n) is 6.01. The Kier molecular flexibility index (Phi) is 4.72. The standard InChI is InChI=1S/C19H18N2O3S/c1-19(17(23)24,11-13-7-9-15(22)10-8-13)21-18-20-16(12-25-18)14-5-3-2-4-6-14/h2-10,12,22H,11H2,1H3,(H,20,21)(H,23,24)/t19-/m0/s1. The summed E-state index contributed by atoms with van der Waals surface area (Å²) in [5.41, 5.74) is 1.41. The Bertz CT molecular complexity index is 862. The van der Waals surface area contributed by atoms with Gasteiger partial charge in [0.2, 0.25) is 0 Å². The minimum atomic E-state index is -1.21. The zero-order chi connectivity index (χ0) is 17.9. The number of rotatable bonds is 6. The first-order valence-corrected chi connectivity index (χ1v) is 8.65. The molecule has 128 valence electrons. The van der Waals surface area contributed by atoms with Crippen LogP contribution in [0.4, 0.5) is 5.13 Å². The highest BCUT2D eigenvalue weighted by molar-refractivity contribution is 7.14. The Balaban J connectivity index is 1.81. The summed E-state index contributed by atoms with van der Waals surface area (Å²) in [5, 5.41) is 24.6. The molecule has 3 N–H and O–H groups in total. The molecule has 1 aromatic heterocycles. The first kappa shape index (κ1) is 17.0. The van der Waals surface area contributed by atoms with Crippen LogP contribution in [-0.2, 0) is 11.2 Å². The Morgan fingerprint density at radius 3 is 2.48 bits per heavy atom. The van der Waals surface area contributed by atoms with Crippen molar-refractivity contribution in [2.24, 2.45) is 0 Å². The fraction of sp³-hybridized carbons (Fsp3) is 0.158. The van der Waals surface area contributed by atoms with E-state index < -0.39 is 11.5 Å². The predicted octanol–water partition coefficient (Wildman–Crippen LogP) is 4.01. The van der Waals surface area contributed by atoms with Gasteiger partial charge < -0.3 is 15.5 Å². The van der Waals surface area contributed by atoms with Gasteiger partial charge >= 0.3 is 5.97 Å². The summed E-state index contributed by atoms with van der Waals surface area (Å²) in [7, 11) is 0. The number of hydrogen-bond donors (Lipinski definition) is 3.